The number of nitrogens with zero attached hydrogens (tertiary/aromatic N) is 2. The van der Waals surface area contributed by atoms with Crippen LogP contribution in [-0.4, -0.2) is 31.1 Å². The second-order valence-electron chi connectivity index (χ2n) is 5.69. The quantitative estimate of drug-likeness (QED) is 0.616. The van der Waals surface area contributed by atoms with Gasteiger partial charge in [-0.1, -0.05) is 6.07 Å². The molecule has 1 aliphatic heterocycles. The monoisotopic (exact) mass is 342 g/mol. The third-order valence-corrected chi connectivity index (χ3v) is 4.10. The third-order valence-electron chi connectivity index (χ3n) is 4.10. The van der Waals surface area contributed by atoms with Crippen molar-refractivity contribution in [2.75, 3.05) is 25.2 Å². The normalized spacial score (nSPS) is 13.1. The van der Waals surface area contributed by atoms with Crippen LogP contribution in [0.2, 0.25) is 0 Å². The number of methoxy groups -OCH3 is 1. The highest BCUT2D eigenvalue weighted by atomic mass is 16.6. The highest BCUT2D eigenvalue weighted by Crippen LogP contribution is 2.30. The van der Waals surface area contributed by atoms with E-state index in [1.54, 1.807) is 18.1 Å². The number of rotatable bonds is 5. The number of non-ortho nitro benzene ring substituents is 1. The van der Waals surface area contributed by atoms with Crippen molar-refractivity contribution in [2.24, 2.45) is 0 Å². The first-order chi connectivity index (χ1) is 12.1. The summed E-state index contributed by atoms with van der Waals surface area (Å²) in [5, 5.41) is 10.8. The lowest BCUT2D eigenvalue weighted by Crippen LogP contribution is -2.38. The highest BCUT2D eigenvalue weighted by Gasteiger charge is 2.23. The Bertz CT molecular complexity index is 806. The third kappa shape index (κ3) is 3.71. The fourth-order valence-corrected chi connectivity index (χ4v) is 2.87. The molecule has 0 saturated carbocycles. The molecule has 7 heteroatoms. The Kier molecular flexibility index (Phi) is 4.83. The Morgan fingerprint density at radius 2 is 2.08 bits per heavy atom. The molecule has 0 radical (unpaired) electrons. The smallest absolute Gasteiger partial charge is 0.273 e. The topological polar surface area (TPSA) is 81.9 Å². The first kappa shape index (κ1) is 16.8. The summed E-state index contributed by atoms with van der Waals surface area (Å²) in [6, 6.07) is 11.4. The van der Waals surface area contributed by atoms with E-state index in [1.807, 2.05) is 18.2 Å². The molecule has 1 amide bonds. The fraction of sp³-hybridized carbons (Fsp3) is 0.278. The molecule has 0 saturated heterocycles. The SMILES string of the molecule is COc1ccc2c(c1)CCCN2C(=O)COc1cccc([N+](=O)[O-])c1. The summed E-state index contributed by atoms with van der Waals surface area (Å²) in [5.74, 6) is 0.882. The van der Waals surface area contributed by atoms with Gasteiger partial charge in [-0.15, -0.1) is 0 Å². The molecule has 25 heavy (non-hydrogen) atoms. The molecule has 1 aliphatic rings. The number of carbonyl (C=O) groups excluding carboxylic acids is 1. The Hall–Kier alpha value is -3.09. The van der Waals surface area contributed by atoms with Crippen molar-refractivity contribution >= 4 is 17.3 Å². The Balaban J connectivity index is 1.70. The van der Waals surface area contributed by atoms with Crippen LogP contribution < -0.4 is 14.4 Å². The average Bonchev–Trinajstić information content (AvgIpc) is 2.65. The Morgan fingerprint density at radius 1 is 1.24 bits per heavy atom. The summed E-state index contributed by atoms with van der Waals surface area (Å²) in [4.78, 5) is 24.5. The number of hydrogen-bond donors (Lipinski definition) is 0. The second-order valence-corrected chi connectivity index (χ2v) is 5.69. The van der Waals surface area contributed by atoms with Crippen LogP contribution in [0.5, 0.6) is 11.5 Å². The molecule has 1 heterocycles. The van der Waals surface area contributed by atoms with Crippen LogP contribution >= 0.6 is 0 Å². The zero-order valence-electron chi connectivity index (χ0n) is 13.8. The standard InChI is InChI=1S/C18H18N2O5/c1-24-15-7-8-17-13(10-15)4-3-9-19(17)18(21)12-25-16-6-2-5-14(11-16)20(22)23/h2,5-8,10-11H,3-4,9,12H2,1H3. The molecule has 0 fully saturated rings. The summed E-state index contributed by atoms with van der Waals surface area (Å²) < 4.78 is 10.7. The van der Waals surface area contributed by atoms with Crippen molar-refractivity contribution in [2.45, 2.75) is 12.8 Å². The summed E-state index contributed by atoms with van der Waals surface area (Å²) >= 11 is 0. The van der Waals surface area contributed by atoms with Gasteiger partial charge in [0.05, 0.1) is 18.1 Å². The molecule has 0 N–H and O–H groups in total. The summed E-state index contributed by atoms with van der Waals surface area (Å²) in [7, 11) is 1.61. The zero-order valence-corrected chi connectivity index (χ0v) is 13.8. The van der Waals surface area contributed by atoms with Crippen LogP contribution in [0, 0.1) is 10.1 Å². The first-order valence-corrected chi connectivity index (χ1v) is 7.93. The molecule has 7 nitrogen and oxygen atoms in total. The summed E-state index contributed by atoms with van der Waals surface area (Å²) in [6.45, 7) is 0.448. The van der Waals surface area contributed by atoms with Crippen molar-refractivity contribution in [1.82, 2.24) is 0 Å². The molecule has 0 aromatic heterocycles. The van der Waals surface area contributed by atoms with Crippen molar-refractivity contribution in [3.05, 3.63) is 58.1 Å². The van der Waals surface area contributed by atoms with Gasteiger partial charge < -0.3 is 14.4 Å². The van der Waals surface area contributed by atoms with Gasteiger partial charge >= 0.3 is 0 Å². The number of anilines is 1. The zero-order chi connectivity index (χ0) is 17.8. The molecular weight excluding hydrogens is 324 g/mol. The maximum Gasteiger partial charge on any atom is 0.273 e. The lowest BCUT2D eigenvalue weighted by Gasteiger charge is -2.29. The predicted octanol–water partition coefficient (Wildman–Crippen LogP) is 2.96. The molecule has 130 valence electrons. The minimum atomic E-state index is -0.497. The van der Waals surface area contributed by atoms with E-state index in [2.05, 4.69) is 0 Å². The minimum absolute atomic E-state index is 0.0691. The van der Waals surface area contributed by atoms with Gasteiger partial charge in [0.25, 0.3) is 11.6 Å². The van der Waals surface area contributed by atoms with E-state index in [9.17, 15) is 14.9 Å². The fourth-order valence-electron chi connectivity index (χ4n) is 2.87. The number of fused-ring (bicyclic) bond motifs is 1. The van der Waals surface area contributed by atoms with Crippen LogP contribution in [0.25, 0.3) is 0 Å². The molecule has 0 unspecified atom stereocenters. The van der Waals surface area contributed by atoms with E-state index >= 15 is 0 Å². The van der Waals surface area contributed by atoms with E-state index in [4.69, 9.17) is 9.47 Å². The van der Waals surface area contributed by atoms with Gasteiger partial charge in [0.2, 0.25) is 0 Å². The summed E-state index contributed by atoms with van der Waals surface area (Å²) in [5.41, 5.74) is 1.86. The van der Waals surface area contributed by atoms with Crippen LogP contribution in [0.3, 0.4) is 0 Å². The van der Waals surface area contributed by atoms with E-state index < -0.39 is 4.92 Å². The van der Waals surface area contributed by atoms with E-state index in [0.29, 0.717) is 12.3 Å². The van der Waals surface area contributed by atoms with Gasteiger partial charge in [0.15, 0.2) is 6.61 Å². The van der Waals surface area contributed by atoms with Crippen molar-refractivity contribution in [3.8, 4) is 11.5 Å². The van der Waals surface area contributed by atoms with Gasteiger partial charge in [-0.2, -0.15) is 0 Å². The average molecular weight is 342 g/mol. The van der Waals surface area contributed by atoms with Crippen molar-refractivity contribution in [1.29, 1.82) is 0 Å². The molecule has 2 aromatic carbocycles. The Labute approximate surface area is 144 Å². The van der Waals surface area contributed by atoms with Crippen LogP contribution in [0.4, 0.5) is 11.4 Å². The number of ether oxygens (including phenoxy) is 2. The van der Waals surface area contributed by atoms with Crippen LogP contribution in [0.1, 0.15) is 12.0 Å². The molecule has 3 rings (SSSR count). The maximum absolute atomic E-state index is 12.5. The number of hydrogen-bond acceptors (Lipinski definition) is 5. The Morgan fingerprint density at radius 3 is 2.84 bits per heavy atom. The number of carbonyl (C=O) groups is 1. The molecule has 2 aromatic rings. The van der Waals surface area contributed by atoms with Crippen molar-refractivity contribution in [3.63, 3.8) is 0 Å². The molecule has 0 spiro atoms. The van der Waals surface area contributed by atoms with Gasteiger partial charge in [-0.25, -0.2) is 0 Å². The molecule has 0 bridgehead atoms. The highest BCUT2D eigenvalue weighted by molar-refractivity contribution is 5.95. The van der Waals surface area contributed by atoms with E-state index in [1.165, 1.54) is 18.2 Å². The number of benzene rings is 2. The minimum Gasteiger partial charge on any atom is -0.497 e. The van der Waals surface area contributed by atoms with E-state index in [-0.39, 0.29) is 18.2 Å². The predicted molar refractivity (Wildman–Crippen MR) is 92.3 cm³/mol. The summed E-state index contributed by atoms with van der Waals surface area (Å²) in [6.07, 6.45) is 1.75. The second kappa shape index (κ2) is 7.21. The lowest BCUT2D eigenvalue weighted by molar-refractivity contribution is -0.384. The number of nitro benzene ring substituents is 1. The molecule has 0 atom stereocenters. The van der Waals surface area contributed by atoms with Gasteiger partial charge in [-0.05, 0) is 42.7 Å². The van der Waals surface area contributed by atoms with Crippen molar-refractivity contribution < 1.29 is 19.2 Å². The molecule has 0 aliphatic carbocycles. The van der Waals surface area contributed by atoms with E-state index in [0.717, 1.165) is 29.8 Å². The maximum atomic E-state index is 12.5. The van der Waals surface area contributed by atoms with Gasteiger partial charge in [-0.3, -0.25) is 14.9 Å². The first-order valence-electron chi connectivity index (χ1n) is 7.93. The van der Waals surface area contributed by atoms with Crippen LogP contribution in [0.15, 0.2) is 42.5 Å². The number of aryl methyl sites for hydroxylation is 1. The lowest BCUT2D eigenvalue weighted by atomic mass is 10.0. The van der Waals surface area contributed by atoms with Gasteiger partial charge in [0, 0.05) is 18.3 Å². The largest absolute Gasteiger partial charge is 0.497 e. The van der Waals surface area contributed by atoms with Gasteiger partial charge in [0.1, 0.15) is 11.5 Å². The number of nitro groups is 1. The number of amides is 1. The molecular formula is C18H18N2O5. The van der Waals surface area contributed by atoms with Crippen LogP contribution in [-0.2, 0) is 11.2 Å².